The van der Waals surface area contributed by atoms with Gasteiger partial charge in [-0.2, -0.15) is 0 Å². The maximum absolute atomic E-state index is 5.79. The molecule has 0 spiro atoms. The van der Waals surface area contributed by atoms with Crippen LogP contribution in [0.5, 0.6) is 0 Å². The second kappa shape index (κ2) is 7.62. The molecule has 1 aliphatic rings. The first-order chi connectivity index (χ1) is 11.2. The fraction of sp³-hybridized carbons (Fsp3) is 0.400. The second-order valence-corrected chi connectivity index (χ2v) is 6.34. The lowest BCUT2D eigenvalue weighted by Crippen LogP contribution is -2.45. The van der Waals surface area contributed by atoms with Gasteiger partial charge < -0.3 is 4.42 Å². The van der Waals surface area contributed by atoms with Crippen LogP contribution in [0.3, 0.4) is 0 Å². The fourth-order valence-corrected chi connectivity index (χ4v) is 2.98. The van der Waals surface area contributed by atoms with E-state index in [1.807, 2.05) is 6.92 Å². The Kier molecular flexibility index (Phi) is 5.31. The van der Waals surface area contributed by atoms with Crippen molar-refractivity contribution in [2.75, 3.05) is 32.7 Å². The maximum Gasteiger partial charge on any atom is 0.118 e. The van der Waals surface area contributed by atoms with Crippen molar-refractivity contribution in [3.8, 4) is 0 Å². The molecule has 2 heterocycles. The van der Waals surface area contributed by atoms with Gasteiger partial charge >= 0.3 is 0 Å². The molecule has 3 nitrogen and oxygen atoms in total. The lowest BCUT2D eigenvalue weighted by atomic mass is 10.2. The zero-order chi connectivity index (χ0) is 16.1. The number of benzene rings is 1. The molecular weight excluding hydrogens is 284 g/mol. The highest BCUT2D eigenvalue weighted by Crippen LogP contribution is 2.16. The van der Waals surface area contributed by atoms with Gasteiger partial charge in [-0.3, -0.25) is 9.80 Å². The van der Waals surface area contributed by atoms with Gasteiger partial charge in [0.15, 0.2) is 0 Å². The van der Waals surface area contributed by atoms with Gasteiger partial charge in [-0.25, -0.2) is 0 Å². The van der Waals surface area contributed by atoms with Gasteiger partial charge in [0, 0.05) is 32.7 Å². The summed E-state index contributed by atoms with van der Waals surface area (Å²) in [4.78, 5) is 4.99. The summed E-state index contributed by atoms with van der Waals surface area (Å²) in [5.41, 5.74) is 2.53. The van der Waals surface area contributed by atoms with Gasteiger partial charge in [-0.05, 0) is 31.0 Å². The van der Waals surface area contributed by atoms with Crippen LogP contribution in [0.25, 0.3) is 6.08 Å². The molecule has 3 rings (SSSR count). The Morgan fingerprint density at radius 1 is 1.00 bits per heavy atom. The number of hydrogen-bond donors (Lipinski definition) is 0. The lowest BCUT2D eigenvalue weighted by molar-refractivity contribution is 0.129. The minimum atomic E-state index is 0.933. The van der Waals surface area contributed by atoms with E-state index in [2.05, 4.69) is 65.3 Å². The van der Waals surface area contributed by atoms with Gasteiger partial charge in [0.05, 0.1) is 6.54 Å². The standard InChI is InChI=1S/C20H26N2O/c1-17-15-20(23-18(17)2)16-22-13-11-21(12-14-22)10-6-9-19-7-4-3-5-8-19/h3-9,15H,10-14,16H2,1-2H3/b9-6-. The van der Waals surface area contributed by atoms with E-state index >= 15 is 0 Å². The summed E-state index contributed by atoms with van der Waals surface area (Å²) in [5, 5.41) is 0. The first-order valence-corrected chi connectivity index (χ1v) is 8.43. The third-order valence-corrected chi connectivity index (χ3v) is 4.53. The van der Waals surface area contributed by atoms with Gasteiger partial charge in [-0.15, -0.1) is 0 Å². The van der Waals surface area contributed by atoms with Gasteiger partial charge in [-0.1, -0.05) is 42.5 Å². The molecule has 0 amide bonds. The average Bonchev–Trinajstić information content (AvgIpc) is 2.88. The summed E-state index contributed by atoms with van der Waals surface area (Å²) in [7, 11) is 0. The molecule has 122 valence electrons. The van der Waals surface area contributed by atoms with Crippen LogP contribution in [0.2, 0.25) is 0 Å². The second-order valence-electron chi connectivity index (χ2n) is 6.34. The Hall–Kier alpha value is -1.84. The van der Waals surface area contributed by atoms with Crippen LogP contribution in [0, 0.1) is 13.8 Å². The predicted octanol–water partition coefficient (Wildman–Crippen LogP) is 3.73. The van der Waals surface area contributed by atoms with E-state index in [1.165, 1.54) is 11.1 Å². The summed E-state index contributed by atoms with van der Waals surface area (Å²) in [6.07, 6.45) is 4.48. The quantitative estimate of drug-likeness (QED) is 0.839. The van der Waals surface area contributed by atoms with E-state index in [1.54, 1.807) is 0 Å². The Morgan fingerprint density at radius 2 is 1.70 bits per heavy atom. The largest absolute Gasteiger partial charge is 0.465 e. The molecule has 1 aromatic carbocycles. The van der Waals surface area contributed by atoms with Crippen molar-refractivity contribution in [3.05, 3.63) is 65.1 Å². The summed E-state index contributed by atoms with van der Waals surface area (Å²) in [5.74, 6) is 2.14. The summed E-state index contributed by atoms with van der Waals surface area (Å²) < 4.78 is 5.79. The minimum Gasteiger partial charge on any atom is -0.465 e. The van der Waals surface area contributed by atoms with E-state index < -0.39 is 0 Å². The Bertz CT molecular complexity index is 617. The zero-order valence-corrected chi connectivity index (χ0v) is 14.2. The number of hydrogen-bond acceptors (Lipinski definition) is 3. The summed E-state index contributed by atoms with van der Waals surface area (Å²) in [6, 6.07) is 12.7. The number of piperazine rings is 1. The molecule has 0 bridgehead atoms. The average molecular weight is 310 g/mol. The first kappa shape index (κ1) is 16.0. The molecule has 0 aliphatic carbocycles. The number of furan rings is 1. The lowest BCUT2D eigenvalue weighted by Gasteiger charge is -2.33. The highest BCUT2D eigenvalue weighted by molar-refractivity contribution is 5.48. The molecule has 0 atom stereocenters. The van der Waals surface area contributed by atoms with Gasteiger partial charge in [0.1, 0.15) is 11.5 Å². The van der Waals surface area contributed by atoms with Gasteiger partial charge in [0.2, 0.25) is 0 Å². The van der Waals surface area contributed by atoms with E-state index in [4.69, 9.17) is 4.42 Å². The smallest absolute Gasteiger partial charge is 0.118 e. The van der Waals surface area contributed by atoms with E-state index in [0.29, 0.717) is 0 Å². The molecule has 3 heteroatoms. The molecule has 1 saturated heterocycles. The van der Waals surface area contributed by atoms with Crippen LogP contribution in [0.1, 0.15) is 22.6 Å². The van der Waals surface area contributed by atoms with E-state index in [0.717, 1.165) is 50.8 Å². The summed E-state index contributed by atoms with van der Waals surface area (Å²) >= 11 is 0. The number of nitrogens with zero attached hydrogens (tertiary/aromatic N) is 2. The van der Waals surface area contributed by atoms with Crippen LogP contribution in [0.4, 0.5) is 0 Å². The third kappa shape index (κ3) is 4.57. The maximum atomic E-state index is 5.79. The Labute approximate surface area is 139 Å². The van der Waals surface area contributed by atoms with Crippen molar-refractivity contribution in [1.29, 1.82) is 0 Å². The van der Waals surface area contributed by atoms with Crippen molar-refractivity contribution >= 4 is 6.08 Å². The van der Waals surface area contributed by atoms with Crippen molar-refractivity contribution in [2.24, 2.45) is 0 Å². The fourth-order valence-electron chi connectivity index (χ4n) is 2.98. The highest BCUT2D eigenvalue weighted by Gasteiger charge is 2.17. The van der Waals surface area contributed by atoms with Crippen LogP contribution in [-0.4, -0.2) is 42.5 Å². The van der Waals surface area contributed by atoms with Crippen molar-refractivity contribution in [3.63, 3.8) is 0 Å². The molecule has 0 saturated carbocycles. The number of rotatable bonds is 5. The monoisotopic (exact) mass is 310 g/mol. The Morgan fingerprint density at radius 3 is 2.35 bits per heavy atom. The molecule has 1 aliphatic heterocycles. The number of aryl methyl sites for hydroxylation is 2. The van der Waals surface area contributed by atoms with Crippen LogP contribution < -0.4 is 0 Å². The molecule has 23 heavy (non-hydrogen) atoms. The first-order valence-electron chi connectivity index (χ1n) is 8.43. The predicted molar refractivity (Wildman–Crippen MR) is 95.4 cm³/mol. The zero-order valence-electron chi connectivity index (χ0n) is 14.2. The molecule has 2 aromatic rings. The third-order valence-electron chi connectivity index (χ3n) is 4.53. The molecular formula is C20H26N2O. The van der Waals surface area contributed by atoms with Crippen LogP contribution in [0.15, 0.2) is 46.9 Å². The SMILES string of the molecule is Cc1cc(CN2CCN(C/C=C\c3ccccc3)CC2)oc1C. The minimum absolute atomic E-state index is 0.933. The van der Waals surface area contributed by atoms with Crippen LogP contribution in [-0.2, 0) is 6.54 Å². The normalized spacial score (nSPS) is 17.1. The van der Waals surface area contributed by atoms with Gasteiger partial charge in [0.25, 0.3) is 0 Å². The Balaban J connectivity index is 1.42. The molecule has 0 unspecified atom stereocenters. The molecule has 0 N–H and O–H groups in total. The molecule has 0 radical (unpaired) electrons. The van der Waals surface area contributed by atoms with Crippen molar-refractivity contribution in [1.82, 2.24) is 9.80 Å². The highest BCUT2D eigenvalue weighted by atomic mass is 16.3. The van der Waals surface area contributed by atoms with Crippen molar-refractivity contribution in [2.45, 2.75) is 20.4 Å². The van der Waals surface area contributed by atoms with Crippen LogP contribution >= 0.6 is 0 Å². The molecule has 1 aromatic heterocycles. The topological polar surface area (TPSA) is 19.6 Å². The summed E-state index contributed by atoms with van der Waals surface area (Å²) in [6.45, 7) is 10.6. The van der Waals surface area contributed by atoms with Crippen molar-refractivity contribution < 1.29 is 4.42 Å². The molecule has 1 fully saturated rings. The van der Waals surface area contributed by atoms with E-state index in [-0.39, 0.29) is 0 Å². The van der Waals surface area contributed by atoms with E-state index in [9.17, 15) is 0 Å².